The van der Waals surface area contributed by atoms with E-state index < -0.39 is 0 Å². The van der Waals surface area contributed by atoms with Gasteiger partial charge in [-0.3, -0.25) is 0 Å². The predicted octanol–water partition coefficient (Wildman–Crippen LogP) is 4.88. The van der Waals surface area contributed by atoms with Crippen LogP contribution in [0.1, 0.15) is 31.2 Å². The van der Waals surface area contributed by atoms with Gasteiger partial charge in [0.05, 0.1) is 0 Å². The molecule has 2 aromatic carbocycles. The van der Waals surface area contributed by atoms with Crippen LogP contribution < -0.4 is 5.32 Å². The predicted molar refractivity (Wildman–Crippen MR) is 87.9 cm³/mol. The number of rotatable bonds is 8. The van der Waals surface area contributed by atoms with E-state index in [0.29, 0.717) is 0 Å². The van der Waals surface area contributed by atoms with Crippen LogP contribution in [0.25, 0.3) is 10.8 Å². The van der Waals surface area contributed by atoms with Crippen molar-refractivity contribution in [2.45, 2.75) is 32.2 Å². The summed E-state index contributed by atoms with van der Waals surface area (Å²) in [6.45, 7) is 2.09. The Hall–Kier alpha value is -0.860. The topological polar surface area (TPSA) is 12.0 Å². The first-order valence-electron chi connectivity index (χ1n) is 7.15. The maximum Gasteiger partial charge on any atom is 0.0211 e. The van der Waals surface area contributed by atoms with E-state index in [2.05, 4.69) is 63.7 Å². The molecule has 0 saturated carbocycles. The summed E-state index contributed by atoms with van der Waals surface area (Å²) >= 11 is 3.47. The fraction of sp³-hybridized carbons (Fsp3) is 0.412. The van der Waals surface area contributed by atoms with Crippen LogP contribution in [0.5, 0.6) is 0 Å². The maximum absolute atomic E-state index is 3.56. The van der Waals surface area contributed by atoms with Gasteiger partial charge in [-0.15, -0.1) is 0 Å². The average Bonchev–Trinajstić information content (AvgIpc) is 2.46. The highest BCUT2D eigenvalue weighted by molar-refractivity contribution is 9.09. The van der Waals surface area contributed by atoms with Crippen LogP contribution in [0.15, 0.2) is 42.5 Å². The van der Waals surface area contributed by atoms with Crippen LogP contribution in [-0.2, 0) is 6.54 Å². The molecule has 0 amide bonds. The van der Waals surface area contributed by atoms with Gasteiger partial charge in [0.25, 0.3) is 0 Å². The van der Waals surface area contributed by atoms with Gasteiger partial charge >= 0.3 is 0 Å². The Morgan fingerprint density at radius 2 is 1.63 bits per heavy atom. The van der Waals surface area contributed by atoms with E-state index >= 15 is 0 Å². The zero-order chi connectivity index (χ0) is 13.3. The molecular weight excluding hydrogens is 298 g/mol. The van der Waals surface area contributed by atoms with Gasteiger partial charge < -0.3 is 5.32 Å². The Labute approximate surface area is 124 Å². The van der Waals surface area contributed by atoms with E-state index in [0.717, 1.165) is 18.4 Å². The van der Waals surface area contributed by atoms with Crippen molar-refractivity contribution >= 4 is 26.7 Å². The van der Waals surface area contributed by atoms with E-state index in [9.17, 15) is 0 Å². The number of hydrogen-bond donors (Lipinski definition) is 1. The van der Waals surface area contributed by atoms with Crippen LogP contribution in [0.2, 0.25) is 0 Å². The van der Waals surface area contributed by atoms with Gasteiger partial charge in [0.15, 0.2) is 0 Å². The van der Waals surface area contributed by atoms with E-state index in [-0.39, 0.29) is 0 Å². The SMILES string of the molecule is BrCCCCCCNCc1cccc2ccccc12. The van der Waals surface area contributed by atoms with Gasteiger partial charge in [-0.05, 0) is 35.7 Å². The van der Waals surface area contributed by atoms with E-state index in [1.54, 1.807) is 0 Å². The molecule has 1 nitrogen and oxygen atoms in total. The molecule has 0 bridgehead atoms. The van der Waals surface area contributed by atoms with E-state index in [1.165, 1.54) is 42.0 Å². The van der Waals surface area contributed by atoms with E-state index in [4.69, 9.17) is 0 Å². The molecule has 0 atom stereocenters. The van der Waals surface area contributed by atoms with Crippen LogP contribution in [0.3, 0.4) is 0 Å². The van der Waals surface area contributed by atoms with Gasteiger partial charge in [-0.25, -0.2) is 0 Å². The van der Waals surface area contributed by atoms with Gasteiger partial charge in [0.2, 0.25) is 0 Å². The normalized spacial score (nSPS) is 11.0. The molecule has 2 heteroatoms. The molecule has 0 heterocycles. The first kappa shape index (κ1) is 14.5. The van der Waals surface area contributed by atoms with Crippen molar-refractivity contribution in [2.24, 2.45) is 0 Å². The lowest BCUT2D eigenvalue weighted by Gasteiger charge is -2.08. The average molecular weight is 320 g/mol. The Balaban J connectivity index is 1.78. The van der Waals surface area contributed by atoms with Crippen LogP contribution in [-0.4, -0.2) is 11.9 Å². The summed E-state index contributed by atoms with van der Waals surface area (Å²) in [4.78, 5) is 0. The summed E-state index contributed by atoms with van der Waals surface area (Å²) in [7, 11) is 0. The van der Waals surface area contributed by atoms with Gasteiger partial charge in [0, 0.05) is 11.9 Å². The quantitative estimate of drug-likeness (QED) is 0.540. The fourth-order valence-corrected chi connectivity index (χ4v) is 2.76. The highest BCUT2D eigenvalue weighted by Gasteiger charge is 1.99. The lowest BCUT2D eigenvalue weighted by Crippen LogP contribution is -2.14. The fourth-order valence-electron chi connectivity index (χ4n) is 2.37. The summed E-state index contributed by atoms with van der Waals surface area (Å²) in [5.41, 5.74) is 1.40. The third-order valence-corrected chi connectivity index (χ3v) is 3.99. The molecule has 0 fully saturated rings. The molecule has 19 heavy (non-hydrogen) atoms. The summed E-state index contributed by atoms with van der Waals surface area (Å²) in [6, 6.07) is 15.2. The second-order valence-corrected chi connectivity index (χ2v) is 5.71. The molecule has 0 aliphatic rings. The van der Waals surface area contributed by atoms with Gasteiger partial charge in [-0.2, -0.15) is 0 Å². The smallest absolute Gasteiger partial charge is 0.0211 e. The molecule has 0 aromatic heterocycles. The Morgan fingerprint density at radius 3 is 2.53 bits per heavy atom. The van der Waals surface area contributed by atoms with Crippen molar-refractivity contribution in [2.75, 3.05) is 11.9 Å². The summed E-state index contributed by atoms with van der Waals surface area (Å²) < 4.78 is 0. The largest absolute Gasteiger partial charge is 0.313 e. The number of hydrogen-bond acceptors (Lipinski definition) is 1. The number of fused-ring (bicyclic) bond motifs is 1. The highest BCUT2D eigenvalue weighted by atomic mass is 79.9. The molecule has 0 aliphatic carbocycles. The number of nitrogens with one attached hydrogen (secondary N) is 1. The number of halogens is 1. The number of unbranched alkanes of at least 4 members (excludes halogenated alkanes) is 3. The summed E-state index contributed by atoms with van der Waals surface area (Å²) in [5, 5.41) is 7.40. The molecule has 102 valence electrons. The van der Waals surface area contributed by atoms with Gasteiger partial charge in [0.1, 0.15) is 0 Å². The highest BCUT2D eigenvalue weighted by Crippen LogP contribution is 2.18. The molecule has 2 rings (SSSR count). The Morgan fingerprint density at radius 1 is 0.842 bits per heavy atom. The van der Waals surface area contributed by atoms with Crippen LogP contribution >= 0.6 is 15.9 Å². The second-order valence-electron chi connectivity index (χ2n) is 4.92. The molecule has 2 aromatic rings. The monoisotopic (exact) mass is 319 g/mol. The Bertz CT molecular complexity index is 490. The lowest BCUT2D eigenvalue weighted by atomic mass is 10.0. The number of benzene rings is 2. The molecule has 0 spiro atoms. The van der Waals surface area contributed by atoms with Crippen LogP contribution in [0.4, 0.5) is 0 Å². The summed E-state index contributed by atoms with van der Waals surface area (Å²) in [6.07, 6.45) is 5.23. The first-order chi connectivity index (χ1) is 9.42. The van der Waals surface area contributed by atoms with Crippen LogP contribution in [0, 0.1) is 0 Å². The second kappa shape index (κ2) is 8.34. The standard InChI is InChI=1S/C17H22BrN/c18-12-5-1-2-6-13-19-14-16-10-7-9-15-8-3-4-11-17(15)16/h3-4,7-11,19H,1-2,5-6,12-14H2. The molecular formula is C17H22BrN. The molecule has 0 aliphatic heterocycles. The van der Waals surface area contributed by atoms with Crippen molar-refractivity contribution in [1.29, 1.82) is 0 Å². The minimum atomic E-state index is 0.972. The molecule has 1 N–H and O–H groups in total. The van der Waals surface area contributed by atoms with E-state index in [1.807, 2.05) is 0 Å². The molecule has 0 saturated heterocycles. The van der Waals surface area contributed by atoms with Gasteiger partial charge in [-0.1, -0.05) is 71.2 Å². The van der Waals surface area contributed by atoms with Crippen molar-refractivity contribution in [3.8, 4) is 0 Å². The van der Waals surface area contributed by atoms with Crippen molar-refractivity contribution in [3.63, 3.8) is 0 Å². The van der Waals surface area contributed by atoms with Crippen molar-refractivity contribution in [1.82, 2.24) is 5.32 Å². The number of alkyl halides is 1. The summed E-state index contributed by atoms with van der Waals surface area (Å²) in [5.74, 6) is 0. The third kappa shape index (κ3) is 4.63. The minimum absolute atomic E-state index is 0.972. The lowest BCUT2D eigenvalue weighted by molar-refractivity contribution is 0.601. The minimum Gasteiger partial charge on any atom is -0.313 e. The maximum atomic E-state index is 3.56. The molecule has 0 unspecified atom stereocenters. The Kier molecular flexibility index (Phi) is 6.38. The zero-order valence-electron chi connectivity index (χ0n) is 11.4. The zero-order valence-corrected chi connectivity index (χ0v) is 13.0. The van der Waals surface area contributed by atoms with Crippen molar-refractivity contribution < 1.29 is 0 Å². The first-order valence-corrected chi connectivity index (χ1v) is 8.27. The molecule has 0 radical (unpaired) electrons. The van der Waals surface area contributed by atoms with Crippen molar-refractivity contribution in [3.05, 3.63) is 48.0 Å². The third-order valence-electron chi connectivity index (χ3n) is 3.43.